The average molecular weight is 296 g/mol. The van der Waals surface area contributed by atoms with E-state index in [1.165, 1.54) is 0 Å². The van der Waals surface area contributed by atoms with Gasteiger partial charge in [-0.2, -0.15) is 0 Å². The Balaban J connectivity index is 2.01. The van der Waals surface area contributed by atoms with Crippen molar-refractivity contribution >= 4 is 5.97 Å². The lowest BCUT2D eigenvalue weighted by molar-refractivity contribution is 0.0392. The number of esters is 1. The van der Waals surface area contributed by atoms with Crippen LogP contribution in [0.25, 0.3) is 0 Å². The molecule has 112 valence electrons. The summed E-state index contributed by atoms with van der Waals surface area (Å²) in [5.74, 6) is 1.41. The first-order valence-electron chi connectivity index (χ1n) is 6.99. The lowest BCUT2D eigenvalue weighted by atomic mass is 10.0. The van der Waals surface area contributed by atoms with Crippen molar-refractivity contribution in [3.05, 3.63) is 66.2 Å². The summed E-state index contributed by atoms with van der Waals surface area (Å²) in [6, 6.07) is 12.9. The van der Waals surface area contributed by atoms with Gasteiger partial charge in [0.15, 0.2) is 11.5 Å². The van der Waals surface area contributed by atoms with Crippen LogP contribution < -0.4 is 9.47 Å². The minimum atomic E-state index is -0.341. The number of methoxy groups -OCH3 is 1. The van der Waals surface area contributed by atoms with E-state index < -0.39 is 0 Å². The second-order valence-corrected chi connectivity index (χ2v) is 4.92. The molecule has 2 aromatic rings. The van der Waals surface area contributed by atoms with E-state index in [1.807, 2.05) is 30.3 Å². The predicted molar refractivity (Wildman–Crippen MR) is 82.5 cm³/mol. The summed E-state index contributed by atoms with van der Waals surface area (Å²) in [5.41, 5.74) is 1.32. The molecule has 4 nitrogen and oxygen atoms in total. The summed E-state index contributed by atoms with van der Waals surface area (Å²) in [4.78, 5) is 11.9. The number of carbonyl (C=O) groups is 1. The number of hydrogen-bond acceptors (Lipinski definition) is 4. The van der Waals surface area contributed by atoms with Gasteiger partial charge in [-0.1, -0.05) is 24.3 Å². The average Bonchev–Trinajstić information content (AvgIpc) is 2.83. The van der Waals surface area contributed by atoms with Crippen LogP contribution in [-0.2, 0) is 4.74 Å². The standard InChI is InChI=1S/C18H16O4/c1-3-7-15-13-10-17(21-12-8-5-4-6-9-12)16(20-2)11-14(13)18(19)22-15/h3-6,8-11,15H,1,7H2,2H3. The van der Waals surface area contributed by atoms with E-state index >= 15 is 0 Å². The second-order valence-electron chi connectivity index (χ2n) is 4.92. The molecular formula is C18H16O4. The third-order valence-corrected chi connectivity index (χ3v) is 3.50. The largest absolute Gasteiger partial charge is 0.493 e. The van der Waals surface area contributed by atoms with Gasteiger partial charge in [-0.3, -0.25) is 0 Å². The molecule has 22 heavy (non-hydrogen) atoms. The predicted octanol–water partition coefficient (Wildman–Crippen LogP) is 4.28. The van der Waals surface area contributed by atoms with E-state index in [0.717, 1.165) is 5.56 Å². The fourth-order valence-electron chi connectivity index (χ4n) is 2.46. The highest BCUT2D eigenvalue weighted by Gasteiger charge is 2.32. The molecule has 3 rings (SSSR count). The molecular weight excluding hydrogens is 280 g/mol. The van der Waals surface area contributed by atoms with Crippen LogP contribution in [0.4, 0.5) is 0 Å². The Kier molecular flexibility index (Phi) is 3.83. The molecule has 0 N–H and O–H groups in total. The van der Waals surface area contributed by atoms with Gasteiger partial charge in [0.2, 0.25) is 0 Å². The first-order chi connectivity index (χ1) is 10.7. The van der Waals surface area contributed by atoms with Crippen molar-refractivity contribution in [2.24, 2.45) is 0 Å². The minimum Gasteiger partial charge on any atom is -0.493 e. The molecule has 1 unspecified atom stereocenters. The molecule has 0 radical (unpaired) electrons. The highest BCUT2D eigenvalue weighted by Crippen LogP contribution is 2.41. The number of para-hydroxylation sites is 1. The van der Waals surface area contributed by atoms with Crippen molar-refractivity contribution < 1.29 is 19.0 Å². The lowest BCUT2D eigenvalue weighted by Crippen LogP contribution is -1.96. The van der Waals surface area contributed by atoms with Gasteiger partial charge in [0.05, 0.1) is 12.7 Å². The van der Waals surface area contributed by atoms with Gasteiger partial charge in [-0.25, -0.2) is 4.79 Å². The van der Waals surface area contributed by atoms with E-state index in [0.29, 0.717) is 29.2 Å². The number of cyclic esters (lactones) is 1. The number of fused-ring (bicyclic) bond motifs is 1. The number of ether oxygens (including phenoxy) is 3. The molecule has 0 aromatic heterocycles. The monoisotopic (exact) mass is 296 g/mol. The molecule has 1 aliphatic heterocycles. The molecule has 0 fully saturated rings. The van der Waals surface area contributed by atoms with Gasteiger partial charge in [0, 0.05) is 12.0 Å². The van der Waals surface area contributed by atoms with E-state index in [9.17, 15) is 4.79 Å². The fourth-order valence-corrected chi connectivity index (χ4v) is 2.46. The summed E-state index contributed by atoms with van der Waals surface area (Å²) >= 11 is 0. The second kappa shape index (κ2) is 5.93. The molecule has 1 atom stereocenters. The Labute approximate surface area is 128 Å². The maximum atomic E-state index is 11.9. The number of benzene rings is 2. The van der Waals surface area contributed by atoms with Gasteiger partial charge in [0.1, 0.15) is 11.9 Å². The normalized spacial score (nSPS) is 15.9. The first kappa shape index (κ1) is 14.2. The molecule has 1 heterocycles. The van der Waals surface area contributed by atoms with Crippen molar-refractivity contribution in [1.29, 1.82) is 0 Å². The Bertz CT molecular complexity index is 707. The molecule has 0 bridgehead atoms. The molecule has 0 aliphatic carbocycles. The molecule has 2 aromatic carbocycles. The van der Waals surface area contributed by atoms with Crippen LogP contribution in [0.15, 0.2) is 55.1 Å². The highest BCUT2D eigenvalue weighted by atomic mass is 16.5. The van der Waals surface area contributed by atoms with Crippen LogP contribution in [-0.4, -0.2) is 13.1 Å². The SMILES string of the molecule is C=CCC1OC(=O)c2cc(OC)c(Oc3ccccc3)cc21. The third kappa shape index (κ3) is 2.55. The summed E-state index contributed by atoms with van der Waals surface area (Å²) in [6.07, 6.45) is 1.98. The van der Waals surface area contributed by atoms with E-state index in [1.54, 1.807) is 25.3 Å². The molecule has 0 amide bonds. The van der Waals surface area contributed by atoms with Crippen molar-refractivity contribution in [1.82, 2.24) is 0 Å². The number of carbonyl (C=O) groups excluding carboxylic acids is 1. The van der Waals surface area contributed by atoms with E-state index in [-0.39, 0.29) is 12.1 Å². The van der Waals surface area contributed by atoms with Crippen molar-refractivity contribution in [2.45, 2.75) is 12.5 Å². The van der Waals surface area contributed by atoms with Gasteiger partial charge >= 0.3 is 5.97 Å². The quantitative estimate of drug-likeness (QED) is 0.610. The summed E-state index contributed by atoms with van der Waals surface area (Å²) < 4.78 is 16.6. The third-order valence-electron chi connectivity index (χ3n) is 3.50. The van der Waals surface area contributed by atoms with Crippen LogP contribution in [0.2, 0.25) is 0 Å². The van der Waals surface area contributed by atoms with Crippen LogP contribution in [0, 0.1) is 0 Å². The van der Waals surface area contributed by atoms with Crippen molar-refractivity contribution in [2.75, 3.05) is 7.11 Å². The summed E-state index contributed by atoms with van der Waals surface area (Å²) in [7, 11) is 1.54. The van der Waals surface area contributed by atoms with E-state index in [2.05, 4.69) is 6.58 Å². The molecule has 0 spiro atoms. The van der Waals surface area contributed by atoms with Crippen LogP contribution in [0.5, 0.6) is 17.2 Å². The summed E-state index contributed by atoms with van der Waals surface area (Å²) in [5, 5.41) is 0. The fraction of sp³-hybridized carbons (Fsp3) is 0.167. The molecule has 0 saturated carbocycles. The van der Waals surface area contributed by atoms with Gasteiger partial charge in [-0.15, -0.1) is 6.58 Å². The van der Waals surface area contributed by atoms with Crippen LogP contribution >= 0.6 is 0 Å². The number of hydrogen-bond donors (Lipinski definition) is 0. The zero-order valence-corrected chi connectivity index (χ0v) is 12.2. The van der Waals surface area contributed by atoms with Gasteiger partial charge in [0.25, 0.3) is 0 Å². The van der Waals surface area contributed by atoms with Crippen molar-refractivity contribution in [3.63, 3.8) is 0 Å². The number of rotatable bonds is 5. The maximum absolute atomic E-state index is 11.9. The van der Waals surface area contributed by atoms with Gasteiger partial charge in [-0.05, 0) is 24.3 Å². The van der Waals surface area contributed by atoms with Crippen LogP contribution in [0.1, 0.15) is 28.4 Å². The Morgan fingerprint density at radius 2 is 2.00 bits per heavy atom. The Hall–Kier alpha value is -2.75. The zero-order valence-electron chi connectivity index (χ0n) is 12.2. The molecule has 4 heteroatoms. The molecule has 0 saturated heterocycles. The minimum absolute atomic E-state index is 0.316. The Morgan fingerprint density at radius 1 is 1.23 bits per heavy atom. The Morgan fingerprint density at radius 3 is 2.68 bits per heavy atom. The van der Waals surface area contributed by atoms with E-state index in [4.69, 9.17) is 14.2 Å². The van der Waals surface area contributed by atoms with Crippen LogP contribution in [0.3, 0.4) is 0 Å². The maximum Gasteiger partial charge on any atom is 0.339 e. The molecule has 1 aliphatic rings. The van der Waals surface area contributed by atoms with Gasteiger partial charge < -0.3 is 14.2 Å². The lowest BCUT2D eigenvalue weighted by Gasteiger charge is -2.13. The van der Waals surface area contributed by atoms with Crippen molar-refractivity contribution in [3.8, 4) is 17.2 Å². The zero-order chi connectivity index (χ0) is 15.5. The topological polar surface area (TPSA) is 44.8 Å². The summed E-state index contributed by atoms with van der Waals surface area (Å²) in [6.45, 7) is 3.70. The highest BCUT2D eigenvalue weighted by molar-refractivity contribution is 5.95. The first-order valence-corrected chi connectivity index (χ1v) is 6.99. The smallest absolute Gasteiger partial charge is 0.339 e.